The molecular weight excluding hydrogens is 238 g/mol. The number of likely N-dealkylation sites (tertiary alicyclic amines) is 1. The van der Waals surface area contributed by atoms with Gasteiger partial charge in [0.1, 0.15) is 0 Å². The van der Waals surface area contributed by atoms with E-state index in [0.717, 1.165) is 32.5 Å². The van der Waals surface area contributed by atoms with Gasteiger partial charge in [-0.2, -0.15) is 0 Å². The van der Waals surface area contributed by atoms with Gasteiger partial charge >= 0.3 is 12.0 Å². The van der Waals surface area contributed by atoms with Crippen molar-refractivity contribution in [2.45, 2.75) is 31.8 Å². The van der Waals surface area contributed by atoms with Crippen LogP contribution >= 0.6 is 0 Å². The van der Waals surface area contributed by atoms with Gasteiger partial charge in [0.15, 0.2) is 6.04 Å². The Labute approximate surface area is 106 Å². The zero-order valence-corrected chi connectivity index (χ0v) is 10.6. The van der Waals surface area contributed by atoms with E-state index in [1.54, 1.807) is 0 Å². The summed E-state index contributed by atoms with van der Waals surface area (Å²) >= 11 is 0. The minimum absolute atomic E-state index is 0.0341. The van der Waals surface area contributed by atoms with Crippen LogP contribution in [0.25, 0.3) is 0 Å². The third-order valence-corrected chi connectivity index (χ3v) is 3.07. The van der Waals surface area contributed by atoms with E-state index < -0.39 is 24.6 Å². The largest absolute Gasteiger partial charge is 0.480 e. The average Bonchev–Trinajstić information content (AvgIpc) is 2.35. The van der Waals surface area contributed by atoms with Crippen molar-refractivity contribution in [1.82, 2.24) is 15.5 Å². The molecule has 0 radical (unpaired) electrons. The summed E-state index contributed by atoms with van der Waals surface area (Å²) in [6.07, 6.45) is 1.90. The number of carboxylic acid groups (broad SMARTS) is 1. The first-order valence-electron chi connectivity index (χ1n) is 6.19. The molecule has 0 saturated carbocycles. The number of carbonyl (C=O) groups is 2. The molecule has 1 fully saturated rings. The second-order valence-electron chi connectivity index (χ2n) is 4.42. The fourth-order valence-corrected chi connectivity index (χ4v) is 2.03. The first kappa shape index (κ1) is 14.7. The fraction of sp³-hybridized carbons (Fsp3) is 0.818. The summed E-state index contributed by atoms with van der Waals surface area (Å²) < 4.78 is 0. The first-order chi connectivity index (χ1) is 8.56. The topological polar surface area (TPSA) is 102 Å². The summed E-state index contributed by atoms with van der Waals surface area (Å²) in [5.41, 5.74) is 0. The molecule has 0 aromatic carbocycles. The van der Waals surface area contributed by atoms with Gasteiger partial charge in [-0.1, -0.05) is 6.92 Å². The van der Waals surface area contributed by atoms with Crippen LogP contribution in [0, 0.1) is 0 Å². The monoisotopic (exact) mass is 259 g/mol. The summed E-state index contributed by atoms with van der Waals surface area (Å²) in [7, 11) is 0. The normalized spacial score (nSPS) is 22.2. The molecule has 0 aromatic rings. The lowest BCUT2D eigenvalue weighted by atomic mass is 10.1. The van der Waals surface area contributed by atoms with Crippen molar-refractivity contribution in [1.29, 1.82) is 0 Å². The Bertz CT molecular complexity index is 298. The summed E-state index contributed by atoms with van der Waals surface area (Å²) in [4.78, 5) is 24.4. The predicted octanol–water partition coefficient (Wildman–Crippen LogP) is -0.785. The highest BCUT2D eigenvalue weighted by atomic mass is 16.4. The lowest BCUT2D eigenvalue weighted by molar-refractivity contribution is -0.140. The Morgan fingerprint density at radius 2 is 2.22 bits per heavy atom. The maximum absolute atomic E-state index is 11.6. The third-order valence-electron chi connectivity index (χ3n) is 3.07. The van der Waals surface area contributed by atoms with Crippen LogP contribution in [0.3, 0.4) is 0 Å². The molecule has 1 rings (SSSR count). The average molecular weight is 259 g/mol. The number of carboxylic acids is 1. The van der Waals surface area contributed by atoms with Crippen LogP contribution in [0.1, 0.15) is 19.8 Å². The molecule has 0 aromatic heterocycles. The summed E-state index contributed by atoms with van der Waals surface area (Å²) in [6, 6.07) is -1.76. The summed E-state index contributed by atoms with van der Waals surface area (Å²) in [6.45, 7) is 4.20. The molecule has 1 heterocycles. The first-order valence-corrected chi connectivity index (χ1v) is 6.19. The Morgan fingerprint density at radius 3 is 2.78 bits per heavy atom. The SMILES string of the molecule is CCN1CCCC(NC(=O)N[C@H](CO)C(=O)O)C1. The lowest BCUT2D eigenvalue weighted by Crippen LogP contribution is -2.54. The molecule has 2 amide bonds. The van der Waals surface area contributed by atoms with Crippen LogP contribution in [-0.2, 0) is 4.79 Å². The molecule has 4 N–H and O–H groups in total. The van der Waals surface area contributed by atoms with Gasteiger partial charge in [0, 0.05) is 12.6 Å². The number of rotatable bonds is 5. The smallest absolute Gasteiger partial charge is 0.328 e. The van der Waals surface area contributed by atoms with Gasteiger partial charge in [-0.05, 0) is 25.9 Å². The Hall–Kier alpha value is -1.34. The van der Waals surface area contributed by atoms with Crippen LogP contribution in [-0.4, -0.2) is 65.4 Å². The molecule has 0 spiro atoms. The van der Waals surface area contributed by atoms with Crippen LogP contribution in [0.2, 0.25) is 0 Å². The zero-order valence-electron chi connectivity index (χ0n) is 10.6. The number of hydrogen-bond acceptors (Lipinski definition) is 4. The Balaban J connectivity index is 2.37. The third kappa shape index (κ3) is 4.50. The lowest BCUT2D eigenvalue weighted by Gasteiger charge is -2.32. The number of piperidine rings is 1. The number of carbonyl (C=O) groups excluding carboxylic acids is 1. The van der Waals surface area contributed by atoms with E-state index in [0.29, 0.717) is 0 Å². The minimum atomic E-state index is -1.25. The van der Waals surface area contributed by atoms with Crippen molar-refractivity contribution >= 4 is 12.0 Å². The van der Waals surface area contributed by atoms with Crippen molar-refractivity contribution in [3.8, 4) is 0 Å². The highest BCUT2D eigenvalue weighted by Gasteiger charge is 2.23. The maximum Gasteiger partial charge on any atom is 0.328 e. The number of urea groups is 1. The Morgan fingerprint density at radius 1 is 1.50 bits per heavy atom. The van der Waals surface area contributed by atoms with Gasteiger partial charge in [0.25, 0.3) is 0 Å². The molecule has 0 aliphatic carbocycles. The number of aliphatic hydroxyl groups excluding tert-OH is 1. The minimum Gasteiger partial charge on any atom is -0.480 e. The Kier molecular flexibility index (Phi) is 5.87. The molecule has 1 saturated heterocycles. The number of aliphatic hydroxyl groups is 1. The van der Waals surface area contributed by atoms with Crippen molar-refractivity contribution in [3.63, 3.8) is 0 Å². The van der Waals surface area contributed by atoms with Gasteiger partial charge in [-0.15, -0.1) is 0 Å². The van der Waals surface area contributed by atoms with Gasteiger partial charge in [-0.25, -0.2) is 9.59 Å². The van der Waals surface area contributed by atoms with E-state index in [1.165, 1.54) is 0 Å². The second kappa shape index (κ2) is 7.17. The molecule has 1 aliphatic rings. The molecule has 0 bridgehead atoms. The molecular formula is C11H21N3O4. The molecule has 104 valence electrons. The van der Waals surface area contributed by atoms with Gasteiger partial charge in [0.05, 0.1) is 6.61 Å². The van der Waals surface area contributed by atoms with Crippen LogP contribution < -0.4 is 10.6 Å². The highest BCUT2D eigenvalue weighted by Crippen LogP contribution is 2.09. The summed E-state index contributed by atoms with van der Waals surface area (Å²) in [5, 5.41) is 22.5. The number of amides is 2. The van der Waals surface area contributed by atoms with E-state index in [9.17, 15) is 9.59 Å². The fourth-order valence-electron chi connectivity index (χ4n) is 2.03. The molecule has 18 heavy (non-hydrogen) atoms. The van der Waals surface area contributed by atoms with E-state index in [-0.39, 0.29) is 6.04 Å². The second-order valence-corrected chi connectivity index (χ2v) is 4.42. The summed E-state index contributed by atoms with van der Waals surface area (Å²) in [5.74, 6) is -1.24. The predicted molar refractivity (Wildman–Crippen MR) is 65.3 cm³/mol. The quantitative estimate of drug-likeness (QED) is 0.518. The van der Waals surface area contributed by atoms with E-state index in [1.807, 2.05) is 0 Å². The zero-order chi connectivity index (χ0) is 13.5. The number of nitrogens with zero attached hydrogens (tertiary/aromatic N) is 1. The highest BCUT2D eigenvalue weighted by molar-refractivity contribution is 5.82. The number of likely N-dealkylation sites (N-methyl/N-ethyl adjacent to an activating group) is 1. The van der Waals surface area contributed by atoms with Gasteiger partial charge < -0.3 is 25.7 Å². The number of nitrogens with one attached hydrogen (secondary N) is 2. The van der Waals surface area contributed by atoms with Crippen molar-refractivity contribution in [3.05, 3.63) is 0 Å². The molecule has 7 nitrogen and oxygen atoms in total. The number of aliphatic carboxylic acids is 1. The van der Waals surface area contributed by atoms with Gasteiger partial charge in [-0.3, -0.25) is 0 Å². The van der Waals surface area contributed by atoms with Crippen LogP contribution in [0.15, 0.2) is 0 Å². The molecule has 7 heteroatoms. The van der Waals surface area contributed by atoms with E-state index in [4.69, 9.17) is 10.2 Å². The number of hydrogen-bond donors (Lipinski definition) is 4. The van der Waals surface area contributed by atoms with Crippen molar-refractivity contribution in [2.24, 2.45) is 0 Å². The van der Waals surface area contributed by atoms with Gasteiger partial charge in [0.2, 0.25) is 0 Å². The standard InChI is InChI=1S/C11H21N3O4/c1-2-14-5-3-4-8(6-14)12-11(18)13-9(7-15)10(16)17/h8-9,15H,2-7H2,1H3,(H,16,17)(H2,12,13,18)/t8?,9-/m1/s1. The van der Waals surface area contributed by atoms with Crippen molar-refractivity contribution in [2.75, 3.05) is 26.2 Å². The van der Waals surface area contributed by atoms with Crippen LogP contribution in [0.5, 0.6) is 0 Å². The molecule has 2 atom stereocenters. The van der Waals surface area contributed by atoms with Crippen LogP contribution in [0.4, 0.5) is 4.79 Å². The molecule has 1 aliphatic heterocycles. The maximum atomic E-state index is 11.6. The molecule has 1 unspecified atom stereocenters. The van der Waals surface area contributed by atoms with E-state index >= 15 is 0 Å². The van der Waals surface area contributed by atoms with E-state index in [2.05, 4.69) is 22.5 Å². The van der Waals surface area contributed by atoms with Crippen molar-refractivity contribution < 1.29 is 19.8 Å².